The molecule has 4 nitrogen and oxygen atoms in total. The molecule has 1 radical (unpaired) electrons. The molecule has 1 aliphatic rings. The number of fused-ring (bicyclic) bond motifs is 1. The van der Waals surface area contributed by atoms with Crippen molar-refractivity contribution >= 4 is 31.7 Å². The van der Waals surface area contributed by atoms with Crippen LogP contribution in [-0.2, 0) is 22.5 Å². The number of hydrogen-bond donors (Lipinski definition) is 1. The first-order valence-corrected chi connectivity index (χ1v) is 9.06. The Balaban J connectivity index is 2.02. The van der Waals surface area contributed by atoms with Gasteiger partial charge < -0.3 is 9.39 Å². The normalized spacial score (nSPS) is 15.1. The Morgan fingerprint density at radius 3 is 2.24 bits per heavy atom. The van der Waals surface area contributed by atoms with Gasteiger partial charge in [-0.25, -0.2) is 4.79 Å². The van der Waals surface area contributed by atoms with Crippen molar-refractivity contribution in [3.05, 3.63) is 29.3 Å². The maximum absolute atomic E-state index is 12.2. The maximum Gasteiger partial charge on any atom is 0.410 e. The Kier molecular flexibility index (Phi) is 5.55. The highest BCUT2D eigenvalue weighted by molar-refractivity contribution is 7.81. The Hall–Kier alpha value is -1.14. The zero-order valence-corrected chi connectivity index (χ0v) is 17.2. The van der Waals surface area contributed by atoms with Gasteiger partial charge in [-0.15, -0.1) is 0 Å². The number of carbonyl (C=O) groups excluding carboxylic acids is 1. The summed E-state index contributed by atoms with van der Waals surface area (Å²) in [6.07, 6.45) is -0.275. The van der Waals surface area contributed by atoms with Crippen molar-refractivity contribution in [2.45, 2.75) is 77.5 Å². The van der Waals surface area contributed by atoms with Gasteiger partial charge >= 0.3 is 13.6 Å². The molecule has 0 bridgehead atoms. The molecule has 137 valence electrons. The Morgan fingerprint density at radius 2 is 1.68 bits per heavy atom. The molecule has 0 saturated heterocycles. The molecule has 6 heteroatoms. The molecule has 0 atom stereocenters. The summed E-state index contributed by atoms with van der Waals surface area (Å²) in [5.74, 6) is 0. The minimum atomic E-state index is -0.482. The summed E-state index contributed by atoms with van der Waals surface area (Å²) < 4.78 is 11.2. The van der Waals surface area contributed by atoms with Crippen molar-refractivity contribution in [3.63, 3.8) is 0 Å². The topological polar surface area (TPSA) is 38.8 Å². The van der Waals surface area contributed by atoms with Crippen LogP contribution in [-0.4, -0.2) is 34.4 Å². The van der Waals surface area contributed by atoms with Gasteiger partial charge in [0.1, 0.15) is 5.60 Å². The fourth-order valence-electron chi connectivity index (χ4n) is 2.30. The van der Waals surface area contributed by atoms with Crippen LogP contribution in [0.5, 0.6) is 0 Å². The second-order valence-corrected chi connectivity index (χ2v) is 9.79. The van der Waals surface area contributed by atoms with Crippen LogP contribution < -0.4 is 5.46 Å². The van der Waals surface area contributed by atoms with E-state index in [1.807, 2.05) is 60.6 Å². The summed E-state index contributed by atoms with van der Waals surface area (Å²) in [4.78, 5) is 14.0. The second-order valence-electron chi connectivity index (χ2n) is 8.67. The summed E-state index contributed by atoms with van der Waals surface area (Å²) >= 11 is 4.61. The number of nitrogens with zero attached hydrogens (tertiary/aromatic N) is 1. The summed E-state index contributed by atoms with van der Waals surface area (Å²) in [7, 11) is 1.77. The van der Waals surface area contributed by atoms with Gasteiger partial charge in [0.15, 0.2) is 0 Å². The first-order valence-electron chi connectivity index (χ1n) is 8.62. The fraction of sp³-hybridized carbons (Fsp3) is 0.632. The summed E-state index contributed by atoms with van der Waals surface area (Å²) in [6.45, 7) is 14.9. The molecule has 1 aromatic carbocycles. The van der Waals surface area contributed by atoms with E-state index < -0.39 is 11.2 Å². The van der Waals surface area contributed by atoms with Crippen LogP contribution in [0.2, 0.25) is 0 Å². The minimum absolute atomic E-state index is 0.270. The van der Waals surface area contributed by atoms with E-state index >= 15 is 0 Å². The number of benzene rings is 1. The van der Waals surface area contributed by atoms with Crippen LogP contribution in [0.1, 0.15) is 59.6 Å². The van der Waals surface area contributed by atoms with Gasteiger partial charge in [-0.1, -0.05) is 23.7 Å². The van der Waals surface area contributed by atoms with E-state index in [0.717, 1.165) is 16.6 Å². The lowest BCUT2D eigenvalue weighted by molar-refractivity contribution is 0.0242. The SMILES string of the molecule is CC(C)(C)OC(=O)N1Cc2ccc([B]OC(C)(C)C(C)(C)S)cc2C1. The van der Waals surface area contributed by atoms with Gasteiger partial charge in [0.25, 0.3) is 0 Å². The van der Waals surface area contributed by atoms with E-state index in [1.165, 1.54) is 0 Å². The third kappa shape index (κ3) is 5.17. The van der Waals surface area contributed by atoms with Gasteiger partial charge in [-0.3, -0.25) is 4.90 Å². The molecule has 0 unspecified atom stereocenters. The number of ether oxygens (including phenoxy) is 1. The summed E-state index contributed by atoms with van der Waals surface area (Å²) in [6, 6.07) is 6.13. The highest BCUT2D eigenvalue weighted by Crippen LogP contribution is 2.30. The molecule has 0 fully saturated rings. The van der Waals surface area contributed by atoms with Crippen molar-refractivity contribution in [3.8, 4) is 0 Å². The lowest BCUT2D eigenvalue weighted by Gasteiger charge is -2.38. The standard InChI is InChI=1S/C19H29BNO3S/c1-17(2,3)23-16(22)21-11-13-8-9-15(10-14(13)12-21)20-24-18(4,5)19(6,7)25/h8-10,25H,11-12H2,1-7H3. The quantitative estimate of drug-likeness (QED) is 0.656. The maximum atomic E-state index is 12.2. The Bertz CT molecular complexity index is 647. The third-order valence-electron chi connectivity index (χ3n) is 4.57. The summed E-state index contributed by atoms with van der Waals surface area (Å²) in [5.41, 5.74) is 2.38. The monoisotopic (exact) mass is 362 g/mol. The second kappa shape index (κ2) is 6.88. The molecular weight excluding hydrogens is 333 g/mol. The van der Waals surface area contributed by atoms with E-state index in [1.54, 1.807) is 12.4 Å². The predicted octanol–water partition coefficient (Wildman–Crippen LogP) is 3.69. The molecular formula is C19H29BNO3S. The van der Waals surface area contributed by atoms with E-state index in [9.17, 15) is 4.79 Å². The van der Waals surface area contributed by atoms with Crippen LogP contribution >= 0.6 is 12.6 Å². The number of carbonyl (C=O) groups is 1. The first-order chi connectivity index (χ1) is 11.3. The van der Waals surface area contributed by atoms with Crippen molar-refractivity contribution < 1.29 is 14.2 Å². The van der Waals surface area contributed by atoms with Crippen LogP contribution in [0.4, 0.5) is 4.79 Å². The van der Waals surface area contributed by atoms with Gasteiger partial charge in [0.2, 0.25) is 0 Å². The predicted molar refractivity (Wildman–Crippen MR) is 106 cm³/mol. The van der Waals surface area contributed by atoms with Gasteiger partial charge in [-0.2, -0.15) is 12.6 Å². The molecule has 1 aromatic rings. The van der Waals surface area contributed by atoms with Crippen LogP contribution in [0, 0.1) is 0 Å². The fourth-order valence-corrected chi connectivity index (χ4v) is 2.36. The molecule has 1 amide bonds. The molecule has 1 heterocycles. The molecule has 25 heavy (non-hydrogen) atoms. The van der Waals surface area contributed by atoms with Gasteiger partial charge in [0.05, 0.1) is 5.60 Å². The Labute approximate surface area is 157 Å². The molecule has 2 rings (SSSR count). The van der Waals surface area contributed by atoms with Crippen LogP contribution in [0.3, 0.4) is 0 Å². The number of thiol groups is 1. The smallest absolute Gasteiger partial charge is 0.410 e. The highest BCUT2D eigenvalue weighted by Gasteiger charge is 2.34. The number of hydrogen-bond acceptors (Lipinski definition) is 4. The molecule has 1 aliphatic heterocycles. The van der Waals surface area contributed by atoms with Gasteiger partial charge in [-0.05, 0) is 59.6 Å². The number of rotatable bonds is 4. The molecule has 0 aromatic heterocycles. The average Bonchev–Trinajstić information content (AvgIpc) is 2.85. The average molecular weight is 362 g/mol. The summed E-state index contributed by atoms with van der Waals surface area (Å²) in [5, 5.41) is 0. The minimum Gasteiger partial charge on any atom is -0.444 e. The Morgan fingerprint density at radius 1 is 1.08 bits per heavy atom. The third-order valence-corrected chi connectivity index (χ3v) is 5.11. The number of amides is 1. The molecule has 0 aliphatic carbocycles. The van der Waals surface area contributed by atoms with Crippen LogP contribution in [0.15, 0.2) is 18.2 Å². The first kappa shape index (κ1) is 20.2. The molecule has 0 N–H and O–H groups in total. The molecule has 0 spiro atoms. The van der Waals surface area contributed by atoms with Crippen molar-refractivity contribution in [2.24, 2.45) is 0 Å². The lowest BCUT2D eigenvalue weighted by Crippen LogP contribution is -2.45. The highest BCUT2D eigenvalue weighted by atomic mass is 32.1. The van der Waals surface area contributed by atoms with E-state index in [-0.39, 0.29) is 10.8 Å². The van der Waals surface area contributed by atoms with Crippen molar-refractivity contribution in [1.29, 1.82) is 0 Å². The van der Waals surface area contributed by atoms with Crippen molar-refractivity contribution in [2.75, 3.05) is 0 Å². The molecule has 0 saturated carbocycles. The lowest BCUT2D eigenvalue weighted by atomic mass is 9.83. The van der Waals surface area contributed by atoms with Crippen molar-refractivity contribution in [1.82, 2.24) is 4.90 Å². The van der Waals surface area contributed by atoms with E-state index in [2.05, 4.69) is 18.7 Å². The largest absolute Gasteiger partial charge is 0.444 e. The van der Waals surface area contributed by atoms with E-state index in [4.69, 9.17) is 9.39 Å². The zero-order chi connectivity index (χ0) is 19.0. The van der Waals surface area contributed by atoms with Gasteiger partial charge in [0, 0.05) is 17.8 Å². The van der Waals surface area contributed by atoms with Crippen LogP contribution in [0.25, 0.3) is 0 Å². The van der Waals surface area contributed by atoms with E-state index in [0.29, 0.717) is 13.1 Å². The zero-order valence-electron chi connectivity index (χ0n) is 16.3.